The van der Waals surface area contributed by atoms with Gasteiger partial charge in [0.25, 0.3) is 0 Å². The van der Waals surface area contributed by atoms with Crippen molar-refractivity contribution in [3.05, 3.63) is 11.7 Å². The van der Waals surface area contributed by atoms with Crippen LogP contribution in [-0.2, 0) is 5.54 Å². The summed E-state index contributed by atoms with van der Waals surface area (Å²) in [4.78, 5) is 4.67. The molecule has 1 aliphatic carbocycles. The Balaban J connectivity index is 1.76. The van der Waals surface area contributed by atoms with Crippen LogP contribution in [-0.4, -0.2) is 26.9 Å². The number of nitrogens with two attached hydrogens (primary N) is 1. The van der Waals surface area contributed by atoms with Gasteiger partial charge in [-0.05, 0) is 31.6 Å². The van der Waals surface area contributed by atoms with Gasteiger partial charge in [0.15, 0.2) is 5.82 Å². The second kappa shape index (κ2) is 5.89. The van der Waals surface area contributed by atoms with Crippen LogP contribution in [0.25, 0.3) is 0 Å². The lowest BCUT2D eigenvalue weighted by Gasteiger charge is -2.32. The summed E-state index contributed by atoms with van der Waals surface area (Å²) in [6.07, 6.45) is 4.22. The van der Waals surface area contributed by atoms with Gasteiger partial charge < -0.3 is 10.3 Å². The van der Waals surface area contributed by atoms with Gasteiger partial charge in [-0.2, -0.15) is 16.7 Å². The predicted molar refractivity (Wildman–Crippen MR) is 84.9 cm³/mol. The Morgan fingerprint density at radius 1 is 1.20 bits per heavy atom. The zero-order chi connectivity index (χ0) is 14.2. The normalized spacial score (nSPS) is 38.9. The number of hydrogen-bond acceptors (Lipinski definition) is 6. The molecule has 0 spiro atoms. The van der Waals surface area contributed by atoms with Crippen LogP contribution in [0.2, 0.25) is 0 Å². The van der Waals surface area contributed by atoms with Gasteiger partial charge in [-0.3, -0.25) is 0 Å². The Bertz CT molecular complexity index is 457. The molecule has 1 aromatic rings. The van der Waals surface area contributed by atoms with Gasteiger partial charge in [-0.1, -0.05) is 19.0 Å². The molecule has 2 unspecified atom stereocenters. The molecule has 1 saturated carbocycles. The lowest BCUT2D eigenvalue weighted by atomic mass is 9.78. The fourth-order valence-corrected chi connectivity index (χ4v) is 5.64. The van der Waals surface area contributed by atoms with Gasteiger partial charge in [0.05, 0.1) is 10.8 Å². The summed E-state index contributed by atoms with van der Waals surface area (Å²) in [6.45, 7) is 4.54. The standard InChI is InChI=1S/C14H23N3OS2/c1-9-3-5-14(15,6-4-9)13-16-12(17-18-13)11-10(2)19-7-8-20-11/h9-11H,3-8,15H2,1-2H3. The minimum Gasteiger partial charge on any atom is -0.337 e. The minimum absolute atomic E-state index is 0.345. The molecule has 0 radical (unpaired) electrons. The van der Waals surface area contributed by atoms with E-state index in [0.717, 1.165) is 43.2 Å². The van der Waals surface area contributed by atoms with Crippen molar-refractivity contribution in [2.45, 2.75) is 55.6 Å². The number of thioether (sulfide) groups is 2. The van der Waals surface area contributed by atoms with Gasteiger partial charge >= 0.3 is 0 Å². The third-order valence-corrected chi connectivity index (χ3v) is 7.56. The lowest BCUT2D eigenvalue weighted by molar-refractivity contribution is 0.190. The van der Waals surface area contributed by atoms with Crippen LogP contribution in [0.1, 0.15) is 56.5 Å². The van der Waals surface area contributed by atoms with E-state index < -0.39 is 5.54 Å². The highest BCUT2D eigenvalue weighted by Gasteiger charge is 2.38. The van der Waals surface area contributed by atoms with Crippen LogP contribution in [0.4, 0.5) is 0 Å². The molecule has 2 fully saturated rings. The van der Waals surface area contributed by atoms with Crippen LogP contribution in [0.3, 0.4) is 0 Å². The number of aromatic nitrogens is 2. The molecule has 4 nitrogen and oxygen atoms in total. The smallest absolute Gasteiger partial charge is 0.246 e. The third kappa shape index (κ3) is 2.88. The Labute approximate surface area is 129 Å². The highest BCUT2D eigenvalue weighted by atomic mass is 32.2. The summed E-state index contributed by atoms with van der Waals surface area (Å²) in [5, 5.41) is 5.12. The predicted octanol–water partition coefficient (Wildman–Crippen LogP) is 3.34. The van der Waals surface area contributed by atoms with Crippen LogP contribution in [0.5, 0.6) is 0 Å². The molecule has 2 N–H and O–H groups in total. The minimum atomic E-state index is -0.395. The van der Waals surface area contributed by atoms with Gasteiger partial charge in [0.2, 0.25) is 5.89 Å². The summed E-state index contributed by atoms with van der Waals surface area (Å²) < 4.78 is 5.54. The molecule has 1 saturated heterocycles. The highest BCUT2D eigenvalue weighted by Crippen LogP contribution is 2.42. The van der Waals surface area contributed by atoms with E-state index in [1.54, 1.807) is 0 Å². The molecule has 112 valence electrons. The van der Waals surface area contributed by atoms with Crippen molar-refractivity contribution in [1.29, 1.82) is 0 Å². The average Bonchev–Trinajstić information content (AvgIpc) is 2.93. The highest BCUT2D eigenvalue weighted by molar-refractivity contribution is 8.06. The topological polar surface area (TPSA) is 64.9 Å². The molecule has 1 aromatic heterocycles. The first-order valence-corrected chi connectivity index (χ1v) is 9.54. The van der Waals surface area contributed by atoms with Gasteiger partial charge in [-0.25, -0.2) is 0 Å². The molecule has 0 amide bonds. The molecule has 0 aromatic carbocycles. The van der Waals surface area contributed by atoms with Crippen LogP contribution in [0, 0.1) is 5.92 Å². The number of nitrogens with zero attached hydrogens (tertiary/aromatic N) is 2. The first-order valence-electron chi connectivity index (χ1n) is 7.45. The molecule has 2 atom stereocenters. The molecular formula is C14H23N3OS2. The second-order valence-corrected chi connectivity index (χ2v) is 8.90. The molecule has 3 rings (SSSR count). The largest absolute Gasteiger partial charge is 0.337 e. The first-order chi connectivity index (χ1) is 9.58. The van der Waals surface area contributed by atoms with Crippen molar-refractivity contribution in [1.82, 2.24) is 10.1 Å². The van der Waals surface area contributed by atoms with E-state index in [-0.39, 0.29) is 0 Å². The molecule has 20 heavy (non-hydrogen) atoms. The maximum atomic E-state index is 6.51. The number of rotatable bonds is 2. The SMILES string of the molecule is CC1CCC(N)(c2nc(C3SCCSC3C)no2)CC1. The molecule has 1 aliphatic heterocycles. The van der Waals surface area contributed by atoms with Gasteiger partial charge in [0.1, 0.15) is 0 Å². The summed E-state index contributed by atoms with van der Waals surface area (Å²) in [7, 11) is 0. The Kier molecular flexibility index (Phi) is 4.34. The maximum Gasteiger partial charge on any atom is 0.246 e. The fraction of sp³-hybridized carbons (Fsp3) is 0.857. The molecule has 2 aliphatic rings. The zero-order valence-corrected chi connectivity index (χ0v) is 13.8. The Morgan fingerprint density at radius 2 is 1.90 bits per heavy atom. The second-order valence-electron chi connectivity index (χ2n) is 6.16. The van der Waals surface area contributed by atoms with Crippen LogP contribution in [0.15, 0.2) is 4.52 Å². The van der Waals surface area contributed by atoms with Crippen LogP contribution < -0.4 is 5.73 Å². The van der Waals surface area contributed by atoms with E-state index in [1.807, 2.05) is 23.5 Å². The Morgan fingerprint density at radius 3 is 2.60 bits per heavy atom. The van der Waals surface area contributed by atoms with Gasteiger partial charge in [0, 0.05) is 16.8 Å². The molecule has 6 heteroatoms. The Hall–Kier alpha value is -0.200. The molecule has 0 bridgehead atoms. The summed E-state index contributed by atoms with van der Waals surface area (Å²) in [5.74, 6) is 4.64. The van der Waals surface area contributed by atoms with E-state index >= 15 is 0 Å². The summed E-state index contributed by atoms with van der Waals surface area (Å²) >= 11 is 3.93. The van der Waals surface area contributed by atoms with Crippen molar-refractivity contribution in [3.63, 3.8) is 0 Å². The van der Waals surface area contributed by atoms with Crippen molar-refractivity contribution in [2.75, 3.05) is 11.5 Å². The van der Waals surface area contributed by atoms with E-state index in [0.29, 0.717) is 16.4 Å². The van der Waals surface area contributed by atoms with E-state index in [4.69, 9.17) is 10.3 Å². The van der Waals surface area contributed by atoms with E-state index in [1.165, 1.54) is 5.75 Å². The molecular weight excluding hydrogens is 290 g/mol. The number of hydrogen-bond donors (Lipinski definition) is 1. The van der Waals surface area contributed by atoms with Crippen molar-refractivity contribution < 1.29 is 4.52 Å². The first kappa shape index (κ1) is 14.7. The fourth-order valence-electron chi connectivity index (χ4n) is 2.96. The van der Waals surface area contributed by atoms with Crippen LogP contribution >= 0.6 is 23.5 Å². The van der Waals surface area contributed by atoms with E-state index in [2.05, 4.69) is 24.0 Å². The van der Waals surface area contributed by atoms with E-state index in [9.17, 15) is 0 Å². The third-order valence-electron chi connectivity index (χ3n) is 4.48. The van der Waals surface area contributed by atoms with Crippen molar-refractivity contribution >= 4 is 23.5 Å². The zero-order valence-electron chi connectivity index (χ0n) is 12.2. The van der Waals surface area contributed by atoms with Gasteiger partial charge in [-0.15, -0.1) is 11.8 Å². The maximum absolute atomic E-state index is 6.51. The molecule has 2 heterocycles. The lowest BCUT2D eigenvalue weighted by Crippen LogP contribution is -2.40. The average molecular weight is 313 g/mol. The van der Waals surface area contributed by atoms with Crippen molar-refractivity contribution in [3.8, 4) is 0 Å². The monoisotopic (exact) mass is 313 g/mol. The summed E-state index contributed by atoms with van der Waals surface area (Å²) in [5.41, 5.74) is 6.12. The quantitative estimate of drug-likeness (QED) is 0.903. The van der Waals surface area contributed by atoms with Crippen molar-refractivity contribution in [2.24, 2.45) is 11.7 Å². The summed E-state index contributed by atoms with van der Waals surface area (Å²) in [6, 6.07) is 0.